The third-order valence-corrected chi connectivity index (χ3v) is 4.59. The fraction of sp³-hybridized carbons (Fsp3) is 0.0556. The highest BCUT2D eigenvalue weighted by Gasteiger charge is 2.35. The number of hydrogen-bond donors (Lipinski definition) is 2. The lowest BCUT2D eigenvalue weighted by atomic mass is 10.1. The number of carbonyl (C=O) groups excluding carboxylic acids is 2. The van der Waals surface area contributed by atoms with E-state index in [-0.39, 0.29) is 22.6 Å². The van der Waals surface area contributed by atoms with E-state index in [0.29, 0.717) is 23.4 Å². The molecule has 1 saturated heterocycles. The number of aromatic hydroxyl groups is 1. The Morgan fingerprint density at radius 1 is 1.11 bits per heavy atom. The monoisotopic (exact) mass is 391 g/mol. The van der Waals surface area contributed by atoms with Crippen molar-refractivity contribution < 1.29 is 33.4 Å². The van der Waals surface area contributed by atoms with Crippen molar-refractivity contribution in [2.45, 2.75) is 6.54 Å². The third kappa shape index (κ3) is 3.98. The number of thioether (sulfide) groups is 1. The summed E-state index contributed by atoms with van der Waals surface area (Å²) < 4.78 is 26.6. The lowest BCUT2D eigenvalue weighted by Crippen LogP contribution is -2.27. The van der Waals surface area contributed by atoms with E-state index in [4.69, 9.17) is 5.11 Å². The van der Waals surface area contributed by atoms with E-state index in [9.17, 15) is 28.3 Å². The topological polar surface area (TPSA) is 94.9 Å². The van der Waals surface area contributed by atoms with E-state index in [0.717, 1.165) is 29.2 Å². The summed E-state index contributed by atoms with van der Waals surface area (Å²) in [5, 5.41) is 17.9. The van der Waals surface area contributed by atoms with Crippen molar-refractivity contribution in [2.24, 2.45) is 0 Å². The van der Waals surface area contributed by atoms with Crippen LogP contribution in [0.1, 0.15) is 21.5 Å². The zero-order chi connectivity index (χ0) is 19.7. The molecule has 0 bridgehead atoms. The number of carboxylic acid groups (broad SMARTS) is 1. The molecule has 0 saturated carbocycles. The molecule has 2 N–H and O–H groups in total. The van der Waals surface area contributed by atoms with Crippen LogP contribution in [-0.2, 0) is 11.3 Å². The second kappa shape index (κ2) is 7.20. The Morgan fingerprint density at radius 3 is 2.41 bits per heavy atom. The van der Waals surface area contributed by atoms with Crippen LogP contribution in [-0.4, -0.2) is 32.2 Å². The van der Waals surface area contributed by atoms with Gasteiger partial charge in [-0.25, -0.2) is 13.6 Å². The maximum atomic E-state index is 13.3. The van der Waals surface area contributed by atoms with Gasteiger partial charge in [-0.15, -0.1) is 0 Å². The van der Waals surface area contributed by atoms with Crippen LogP contribution in [0.5, 0.6) is 5.75 Å². The van der Waals surface area contributed by atoms with Crippen LogP contribution in [0, 0.1) is 11.6 Å². The van der Waals surface area contributed by atoms with Crippen molar-refractivity contribution >= 4 is 35.0 Å². The molecule has 1 aliphatic rings. The Kier molecular flexibility index (Phi) is 4.95. The van der Waals surface area contributed by atoms with Gasteiger partial charge in [0, 0.05) is 6.07 Å². The molecule has 9 heteroatoms. The van der Waals surface area contributed by atoms with Crippen LogP contribution in [0.2, 0.25) is 0 Å². The van der Waals surface area contributed by atoms with Crippen LogP contribution in [0.3, 0.4) is 0 Å². The van der Waals surface area contributed by atoms with E-state index < -0.39 is 34.5 Å². The number of carboxylic acids is 1. The third-order valence-electron chi connectivity index (χ3n) is 3.69. The molecule has 0 aromatic heterocycles. The number of rotatable bonds is 4. The smallest absolute Gasteiger partial charge is 0.339 e. The van der Waals surface area contributed by atoms with Crippen molar-refractivity contribution in [3.63, 3.8) is 0 Å². The molecule has 2 aromatic carbocycles. The highest BCUT2D eigenvalue weighted by atomic mass is 32.2. The number of imide groups is 1. The number of hydrogen-bond acceptors (Lipinski definition) is 5. The number of aromatic carboxylic acids is 1. The summed E-state index contributed by atoms with van der Waals surface area (Å²) in [6.07, 6.45) is 1.31. The van der Waals surface area contributed by atoms with Gasteiger partial charge < -0.3 is 10.2 Å². The molecule has 0 spiro atoms. The lowest BCUT2D eigenvalue weighted by molar-refractivity contribution is -0.123. The van der Waals surface area contributed by atoms with Gasteiger partial charge in [0.15, 0.2) is 0 Å². The molecule has 0 unspecified atom stereocenters. The molecule has 0 atom stereocenters. The lowest BCUT2D eigenvalue weighted by Gasteiger charge is -2.12. The fourth-order valence-corrected chi connectivity index (χ4v) is 3.33. The Morgan fingerprint density at radius 2 is 1.78 bits per heavy atom. The molecule has 1 heterocycles. The molecule has 27 heavy (non-hydrogen) atoms. The molecular formula is C18H11F2NO5S. The quantitative estimate of drug-likeness (QED) is 0.774. The normalized spacial score (nSPS) is 15.6. The predicted octanol–water partition coefficient (Wildman–Crippen LogP) is 3.61. The second-order valence-electron chi connectivity index (χ2n) is 5.63. The van der Waals surface area contributed by atoms with Crippen LogP contribution >= 0.6 is 11.8 Å². The first-order valence-electron chi connectivity index (χ1n) is 7.51. The van der Waals surface area contributed by atoms with E-state index in [1.807, 2.05) is 0 Å². The first kappa shape index (κ1) is 18.6. The van der Waals surface area contributed by atoms with Gasteiger partial charge in [0.25, 0.3) is 11.1 Å². The number of phenols is 1. The molecule has 1 fully saturated rings. The van der Waals surface area contributed by atoms with E-state index in [1.165, 1.54) is 12.1 Å². The number of halogens is 2. The first-order chi connectivity index (χ1) is 12.7. The first-order valence-corrected chi connectivity index (χ1v) is 8.33. The molecule has 6 nitrogen and oxygen atoms in total. The van der Waals surface area contributed by atoms with Crippen LogP contribution < -0.4 is 0 Å². The Hall–Kier alpha value is -3.20. The maximum Gasteiger partial charge on any atom is 0.339 e. The maximum absolute atomic E-state index is 13.3. The van der Waals surface area contributed by atoms with Crippen molar-refractivity contribution in [1.29, 1.82) is 0 Å². The molecule has 138 valence electrons. The minimum Gasteiger partial charge on any atom is -0.507 e. The Balaban J connectivity index is 1.86. The van der Waals surface area contributed by atoms with Crippen LogP contribution in [0.15, 0.2) is 41.3 Å². The predicted molar refractivity (Wildman–Crippen MR) is 92.9 cm³/mol. The van der Waals surface area contributed by atoms with Crippen LogP contribution in [0.4, 0.5) is 13.6 Å². The van der Waals surface area contributed by atoms with Crippen molar-refractivity contribution in [3.8, 4) is 5.75 Å². The van der Waals surface area contributed by atoms with Gasteiger partial charge in [0.05, 0.1) is 11.4 Å². The zero-order valence-electron chi connectivity index (χ0n) is 13.5. The highest BCUT2D eigenvalue weighted by Crippen LogP contribution is 2.34. The largest absolute Gasteiger partial charge is 0.507 e. The summed E-state index contributed by atoms with van der Waals surface area (Å²) in [6, 6.07) is 6.44. The molecular weight excluding hydrogens is 380 g/mol. The molecule has 0 radical (unpaired) electrons. The van der Waals surface area contributed by atoms with Crippen LogP contribution in [0.25, 0.3) is 6.08 Å². The van der Waals surface area contributed by atoms with Gasteiger partial charge >= 0.3 is 5.97 Å². The van der Waals surface area contributed by atoms with E-state index in [2.05, 4.69) is 0 Å². The fourth-order valence-electron chi connectivity index (χ4n) is 2.49. The minimum absolute atomic E-state index is 0.0268. The van der Waals surface area contributed by atoms with Gasteiger partial charge in [-0.1, -0.05) is 6.07 Å². The summed E-state index contributed by atoms with van der Waals surface area (Å²) in [4.78, 5) is 36.5. The van der Waals surface area contributed by atoms with Crippen molar-refractivity contribution in [3.05, 3.63) is 69.6 Å². The molecule has 2 amide bonds. The average Bonchev–Trinajstić information content (AvgIpc) is 2.83. The number of amides is 2. The summed E-state index contributed by atoms with van der Waals surface area (Å²) in [7, 11) is 0. The summed E-state index contributed by atoms with van der Waals surface area (Å²) in [5.41, 5.74) is 0.0690. The number of nitrogens with zero attached hydrogens (tertiary/aromatic N) is 1. The Labute approximate surface area is 155 Å². The molecule has 1 aliphatic heterocycles. The van der Waals surface area contributed by atoms with E-state index in [1.54, 1.807) is 0 Å². The van der Waals surface area contributed by atoms with Crippen molar-refractivity contribution in [2.75, 3.05) is 0 Å². The molecule has 3 rings (SSSR count). The number of carbonyl (C=O) groups is 3. The molecule has 0 aliphatic carbocycles. The Bertz CT molecular complexity index is 985. The summed E-state index contributed by atoms with van der Waals surface area (Å²) in [5.74, 6) is -4.08. The standard InChI is InChI=1S/C18H11F2NO5S/c19-11-3-10(4-12(20)7-11)8-21-16(23)15(27-18(21)26)6-9-1-2-14(22)13(5-9)17(24)25/h1-7,22H,8H2,(H,24,25)/b15-6-. The van der Waals surface area contributed by atoms with Gasteiger partial charge in [-0.2, -0.15) is 0 Å². The summed E-state index contributed by atoms with van der Waals surface area (Å²) >= 11 is 0.624. The SMILES string of the molecule is O=C(O)c1cc(/C=C2\SC(=O)N(Cc3cc(F)cc(F)c3)C2=O)ccc1O. The average molecular weight is 391 g/mol. The van der Waals surface area contributed by atoms with Gasteiger partial charge in [0.2, 0.25) is 0 Å². The summed E-state index contributed by atoms with van der Waals surface area (Å²) in [6.45, 7) is -0.299. The second-order valence-corrected chi connectivity index (χ2v) is 6.62. The van der Waals surface area contributed by atoms with E-state index >= 15 is 0 Å². The minimum atomic E-state index is -1.34. The van der Waals surface area contributed by atoms with Gasteiger partial charge in [0.1, 0.15) is 22.9 Å². The zero-order valence-corrected chi connectivity index (χ0v) is 14.3. The highest BCUT2D eigenvalue weighted by molar-refractivity contribution is 8.18. The number of benzene rings is 2. The van der Waals surface area contributed by atoms with Gasteiger partial charge in [-0.3, -0.25) is 14.5 Å². The van der Waals surface area contributed by atoms with Crippen molar-refractivity contribution in [1.82, 2.24) is 4.90 Å². The van der Waals surface area contributed by atoms with Gasteiger partial charge in [-0.05, 0) is 53.2 Å². The molecule has 2 aromatic rings.